The monoisotopic (exact) mass is 1200 g/mol. The Hall–Kier alpha value is -12.4. The van der Waals surface area contributed by atoms with E-state index < -0.39 is 0 Å². The lowest BCUT2D eigenvalue weighted by Gasteiger charge is -1.70. The predicted molar refractivity (Wildman–Crippen MR) is 323 cm³/mol. The number of oxazole rings is 1. The molecule has 0 saturated carbocycles. The summed E-state index contributed by atoms with van der Waals surface area (Å²) in [6.45, 7) is 0. The summed E-state index contributed by atoms with van der Waals surface area (Å²) in [6.07, 6.45) is 57.0. The van der Waals surface area contributed by atoms with E-state index in [1.54, 1.807) is 183 Å². The second-order valence-electron chi connectivity index (χ2n) is 12.9. The van der Waals surface area contributed by atoms with Gasteiger partial charge in [-0.15, -0.1) is 21.5 Å². The number of rotatable bonds is 0. The van der Waals surface area contributed by atoms with Gasteiger partial charge in [-0.1, -0.05) is 23.4 Å². The van der Waals surface area contributed by atoms with Crippen molar-refractivity contribution in [3.05, 3.63) is 349 Å². The summed E-state index contributed by atoms with van der Waals surface area (Å²) >= 11 is 3.31. The van der Waals surface area contributed by atoms with E-state index in [1.165, 1.54) is 50.8 Å². The Bertz CT molecular complexity index is 2230. The van der Waals surface area contributed by atoms with Crippen molar-refractivity contribution in [3.8, 4) is 0 Å². The number of imidazole rings is 1. The van der Waals surface area contributed by atoms with Crippen LogP contribution in [0, 0.1) is 0 Å². The van der Waals surface area contributed by atoms with Crippen LogP contribution in [0.4, 0.5) is 0 Å². The van der Waals surface area contributed by atoms with Gasteiger partial charge in [-0.2, -0.15) is 36.8 Å². The number of thiazole rings is 1. The average Bonchev–Trinajstić information content (AvgIpc) is 4.45. The summed E-state index contributed by atoms with van der Waals surface area (Å²) in [5, 5.41) is 36.2. The number of furan rings is 1. The van der Waals surface area contributed by atoms with Gasteiger partial charge in [0.1, 0.15) is 18.9 Å². The van der Waals surface area contributed by atoms with Crippen LogP contribution >= 0.6 is 22.7 Å². The molecular formula is C57H61N23O4S2. The number of nitrogens with one attached hydrogen (secondary N) is 4. The SMILES string of the molecule is c1c[nH]cn1.c1cc[nH]c1.c1cc[nH]c1.c1ccncc1.c1ccnnc1.c1ccnnc1.c1ccoc1.c1ccsc1.c1cn[nH]c1.c1cnccn1.c1cncnc1.c1cncnc1.c1cocn1.c1cscn1.c1ncon1.c1nnco1. The molecule has 16 aromatic rings. The third kappa shape index (κ3) is 65.9. The molecule has 0 saturated heterocycles. The Kier molecular flexibility index (Phi) is 57.3. The molecule has 0 unspecified atom stereocenters. The predicted octanol–water partition coefficient (Wildman–Crippen LogP) is 11.3. The Morgan fingerprint density at radius 1 is 0.267 bits per heavy atom. The molecule has 0 aliphatic rings. The molecule has 86 heavy (non-hydrogen) atoms. The van der Waals surface area contributed by atoms with Gasteiger partial charge in [0.2, 0.25) is 19.2 Å². The van der Waals surface area contributed by atoms with E-state index in [0.29, 0.717) is 0 Å². The Morgan fingerprint density at radius 2 is 0.814 bits per heavy atom. The van der Waals surface area contributed by atoms with E-state index in [2.05, 4.69) is 133 Å². The van der Waals surface area contributed by atoms with Gasteiger partial charge >= 0.3 is 0 Å². The van der Waals surface area contributed by atoms with E-state index in [9.17, 15) is 0 Å². The smallest absolute Gasteiger partial charge is 0.213 e. The minimum Gasteiger partial charge on any atom is -0.473 e. The standard InChI is InChI=1S/C5H5N.5C4H4N2.2C4H5N.C4H4O.C4H4S.2C3H4N2.C3H3NO.C3H3NS.2C2H2N2O/c1-2-4-6-5-3-1;1-2-6-4-3-5-1;2*1-2-5-4-6-3-1;2*1-2-4-6-5-3-1;4*1-2-4-5-3-1;1-2-5-3-4-1;1-2-4-5-3-1;2*1-2-5-3-4-1;1-3-4-2-5-1;1-3-2-5-4-1/h1-5H;5*1-4H;2*1-5H;2*1-4H;2*1-3H,(H,4,5);2*1-3H;2*1-2H. The van der Waals surface area contributed by atoms with Crippen LogP contribution in [0.3, 0.4) is 0 Å². The first-order valence-electron chi connectivity index (χ1n) is 24.4. The molecule has 0 atom stereocenters. The maximum atomic E-state index is 4.58. The fraction of sp³-hybridized carbons (Fsp3) is 0. The van der Waals surface area contributed by atoms with Crippen molar-refractivity contribution in [2.45, 2.75) is 0 Å². The van der Waals surface area contributed by atoms with Crippen molar-refractivity contribution in [2.75, 3.05) is 0 Å². The van der Waals surface area contributed by atoms with Crippen LogP contribution in [0.15, 0.2) is 367 Å². The van der Waals surface area contributed by atoms with Crippen LogP contribution < -0.4 is 0 Å². The molecule has 0 bridgehead atoms. The molecular weight excluding hydrogens is 1130 g/mol. The fourth-order valence-corrected chi connectivity index (χ4v) is 4.45. The molecule has 29 heteroatoms. The van der Waals surface area contributed by atoms with E-state index in [-0.39, 0.29) is 0 Å². The summed E-state index contributed by atoms with van der Waals surface area (Å²) in [4.78, 5) is 48.8. The lowest BCUT2D eigenvalue weighted by Crippen LogP contribution is -1.69. The van der Waals surface area contributed by atoms with Crippen LogP contribution in [-0.2, 0) is 0 Å². The summed E-state index contributed by atoms with van der Waals surface area (Å²) in [7, 11) is 0. The van der Waals surface area contributed by atoms with E-state index >= 15 is 0 Å². The number of aromatic nitrogens is 23. The van der Waals surface area contributed by atoms with Crippen LogP contribution in [-0.4, -0.2) is 116 Å². The van der Waals surface area contributed by atoms with Gasteiger partial charge in [0, 0.05) is 148 Å². The molecule has 0 aromatic carbocycles. The molecule has 16 aromatic heterocycles. The molecule has 0 aliphatic carbocycles. The molecule has 0 spiro atoms. The van der Waals surface area contributed by atoms with Crippen molar-refractivity contribution in [3.63, 3.8) is 0 Å². The van der Waals surface area contributed by atoms with E-state index in [1.807, 2.05) is 138 Å². The summed E-state index contributed by atoms with van der Waals surface area (Å²) in [6, 6.07) is 33.9. The maximum Gasteiger partial charge on any atom is 0.213 e. The van der Waals surface area contributed by atoms with Crippen molar-refractivity contribution < 1.29 is 17.8 Å². The lowest BCUT2D eigenvalue weighted by atomic mass is 10.5. The third-order valence-corrected chi connectivity index (χ3v) is 8.03. The number of hydrogen-bond acceptors (Lipinski definition) is 25. The number of aromatic amines is 4. The molecule has 440 valence electrons. The third-order valence-electron chi connectivity index (χ3n) is 6.88. The number of H-pyrrole nitrogens is 4. The van der Waals surface area contributed by atoms with Gasteiger partial charge in [0.15, 0.2) is 12.7 Å². The van der Waals surface area contributed by atoms with Gasteiger partial charge in [-0.25, -0.2) is 34.9 Å². The van der Waals surface area contributed by atoms with E-state index in [0.717, 1.165) is 0 Å². The Balaban J connectivity index is 0.000000459. The average molecular weight is 1200 g/mol. The van der Waals surface area contributed by atoms with Gasteiger partial charge < -0.3 is 32.7 Å². The molecule has 16 rings (SSSR count). The van der Waals surface area contributed by atoms with Crippen LogP contribution in [0.1, 0.15) is 0 Å². The highest BCUT2D eigenvalue weighted by Crippen LogP contribution is 1.91. The van der Waals surface area contributed by atoms with Crippen molar-refractivity contribution in [1.82, 2.24) is 116 Å². The minimum atomic E-state index is 1.26. The first kappa shape index (κ1) is 71.6. The number of thiophene rings is 1. The zero-order chi connectivity index (χ0) is 60.8. The van der Waals surface area contributed by atoms with Gasteiger partial charge in [-0.05, 0) is 102 Å². The molecule has 16 heterocycles. The molecule has 27 nitrogen and oxygen atoms in total. The van der Waals surface area contributed by atoms with E-state index in [4.69, 9.17) is 0 Å². The minimum absolute atomic E-state index is 1.26. The Labute approximate surface area is 503 Å². The normalized spacial score (nSPS) is 8.00. The Morgan fingerprint density at radius 3 is 0.965 bits per heavy atom. The van der Waals surface area contributed by atoms with Crippen molar-refractivity contribution in [2.24, 2.45) is 0 Å². The number of nitrogens with zero attached hydrogens (tertiary/aromatic N) is 19. The molecule has 0 fully saturated rings. The zero-order valence-electron chi connectivity index (χ0n) is 45.9. The second-order valence-corrected chi connectivity index (χ2v) is 14.5. The zero-order valence-corrected chi connectivity index (χ0v) is 47.5. The highest BCUT2D eigenvalue weighted by molar-refractivity contribution is 7.07. The fourth-order valence-electron chi connectivity index (χ4n) is 3.64. The van der Waals surface area contributed by atoms with Gasteiger partial charge in [-0.3, -0.25) is 25.0 Å². The molecule has 0 amide bonds. The first-order valence-corrected chi connectivity index (χ1v) is 26.3. The molecule has 4 N–H and O–H groups in total. The summed E-state index contributed by atoms with van der Waals surface area (Å²) in [5.74, 6) is 0. The highest BCUT2D eigenvalue weighted by Gasteiger charge is 1.66. The van der Waals surface area contributed by atoms with Gasteiger partial charge in [0.25, 0.3) is 0 Å². The van der Waals surface area contributed by atoms with Crippen molar-refractivity contribution in [1.29, 1.82) is 0 Å². The van der Waals surface area contributed by atoms with Crippen LogP contribution in [0.25, 0.3) is 0 Å². The summed E-state index contributed by atoms with van der Waals surface area (Å²) < 4.78 is 17.6. The number of hydrogen-bond donors (Lipinski definition) is 4. The quantitative estimate of drug-likeness (QED) is 0.110. The molecule has 0 aliphatic heterocycles. The maximum absolute atomic E-state index is 4.58. The van der Waals surface area contributed by atoms with Crippen molar-refractivity contribution >= 4 is 22.7 Å². The topological polar surface area (TPSA) is 361 Å². The van der Waals surface area contributed by atoms with Gasteiger partial charge in [0.05, 0.1) is 30.6 Å². The molecule has 0 radical (unpaired) electrons. The second kappa shape index (κ2) is 68.7. The van der Waals surface area contributed by atoms with Crippen LogP contribution in [0.2, 0.25) is 0 Å². The highest BCUT2D eigenvalue weighted by atomic mass is 32.1. The first-order chi connectivity index (χ1) is 43.0. The summed E-state index contributed by atoms with van der Waals surface area (Å²) in [5.41, 5.74) is 1.79. The largest absolute Gasteiger partial charge is 0.473 e. The number of pyridine rings is 1. The van der Waals surface area contributed by atoms with Crippen LogP contribution in [0.5, 0.6) is 0 Å². The lowest BCUT2D eigenvalue weighted by molar-refractivity contribution is 0.416.